The van der Waals surface area contributed by atoms with Gasteiger partial charge >= 0.3 is 0 Å². The Hall–Kier alpha value is -3.52. The fourth-order valence-electron chi connectivity index (χ4n) is 3.53. The number of hydrogen-bond donors (Lipinski definition) is 3. The summed E-state index contributed by atoms with van der Waals surface area (Å²) >= 11 is 0. The van der Waals surface area contributed by atoms with Crippen LogP contribution in [-0.4, -0.2) is 44.1 Å². The number of phenols is 1. The average Bonchev–Trinajstić information content (AvgIpc) is 2.75. The highest BCUT2D eigenvalue weighted by atomic mass is 19.1. The third kappa shape index (κ3) is 3.95. The zero-order valence-corrected chi connectivity index (χ0v) is 16.0. The number of halogens is 1. The van der Waals surface area contributed by atoms with Gasteiger partial charge in [0.25, 0.3) is 5.56 Å². The number of para-hydroxylation sites is 1. The molecule has 0 fully saturated rings. The van der Waals surface area contributed by atoms with Crippen molar-refractivity contribution in [2.45, 2.75) is 18.9 Å². The third-order valence-corrected chi connectivity index (χ3v) is 5.19. The molecule has 8 heteroatoms. The van der Waals surface area contributed by atoms with E-state index in [0.29, 0.717) is 19.5 Å². The topological polar surface area (TPSA) is 107 Å². The monoisotopic (exact) mass is 409 g/mol. The summed E-state index contributed by atoms with van der Waals surface area (Å²) in [5.41, 5.74) is 1.53. The average molecular weight is 409 g/mol. The van der Waals surface area contributed by atoms with Gasteiger partial charge in [0.2, 0.25) is 5.91 Å². The van der Waals surface area contributed by atoms with Crippen LogP contribution >= 0.6 is 0 Å². The zero-order chi connectivity index (χ0) is 21.3. The molecule has 0 aliphatic carbocycles. The van der Waals surface area contributed by atoms with Crippen LogP contribution < -0.4 is 5.56 Å². The molecule has 1 amide bonds. The molecule has 0 saturated carbocycles. The number of benzene rings is 2. The Morgan fingerprint density at radius 3 is 2.70 bits per heavy atom. The molecule has 3 N–H and O–H groups in total. The summed E-state index contributed by atoms with van der Waals surface area (Å²) in [6.45, 7) is 0.845. The second kappa shape index (κ2) is 8.08. The van der Waals surface area contributed by atoms with Crippen LogP contribution in [-0.2, 0) is 4.79 Å². The van der Waals surface area contributed by atoms with Crippen molar-refractivity contribution < 1.29 is 19.4 Å². The predicted molar refractivity (Wildman–Crippen MR) is 109 cm³/mol. The largest absolute Gasteiger partial charge is 0.506 e. The van der Waals surface area contributed by atoms with E-state index in [1.165, 1.54) is 30.3 Å². The molecule has 7 nitrogen and oxygen atoms in total. The first kappa shape index (κ1) is 19.8. The van der Waals surface area contributed by atoms with Gasteiger partial charge in [-0.2, -0.15) is 0 Å². The molecular formula is C22H20FN3O4. The number of aromatic hydroxyl groups is 1. The van der Waals surface area contributed by atoms with Crippen LogP contribution in [0.5, 0.6) is 5.75 Å². The van der Waals surface area contributed by atoms with E-state index in [4.69, 9.17) is 0 Å². The molecule has 2 aromatic carbocycles. The van der Waals surface area contributed by atoms with Gasteiger partial charge in [0.05, 0.1) is 11.8 Å². The number of phenolic OH excluding ortho intramolecular Hbond substituents is 1. The van der Waals surface area contributed by atoms with E-state index in [-0.39, 0.29) is 40.6 Å². The van der Waals surface area contributed by atoms with Crippen molar-refractivity contribution in [2.24, 2.45) is 0 Å². The normalized spacial score (nSPS) is 15.1. The summed E-state index contributed by atoms with van der Waals surface area (Å²) in [6, 6.07) is 10.7. The van der Waals surface area contributed by atoms with Gasteiger partial charge < -0.3 is 20.1 Å². The van der Waals surface area contributed by atoms with Gasteiger partial charge in [-0.1, -0.05) is 24.3 Å². The van der Waals surface area contributed by atoms with E-state index < -0.39 is 11.7 Å². The van der Waals surface area contributed by atoms with Crippen LogP contribution in [0.4, 0.5) is 4.39 Å². The summed E-state index contributed by atoms with van der Waals surface area (Å²) < 4.78 is 13.1. The van der Waals surface area contributed by atoms with Crippen LogP contribution in [0.3, 0.4) is 0 Å². The maximum absolute atomic E-state index is 13.1. The first-order valence-electron chi connectivity index (χ1n) is 9.55. The molecule has 154 valence electrons. The van der Waals surface area contributed by atoms with Crippen LogP contribution in [0.2, 0.25) is 0 Å². The summed E-state index contributed by atoms with van der Waals surface area (Å²) in [5.74, 6) is -0.818. The first-order valence-corrected chi connectivity index (χ1v) is 9.55. The Labute approximate surface area is 171 Å². The second-order valence-corrected chi connectivity index (χ2v) is 7.17. The summed E-state index contributed by atoms with van der Waals surface area (Å²) in [6.07, 6.45) is 0.972. The highest BCUT2D eigenvalue weighted by molar-refractivity contribution is 5.83. The van der Waals surface area contributed by atoms with Crippen LogP contribution in [0.25, 0.3) is 16.5 Å². The van der Waals surface area contributed by atoms with Crippen molar-refractivity contribution in [1.82, 2.24) is 14.9 Å². The maximum Gasteiger partial charge on any atom is 0.258 e. The molecule has 1 aliphatic heterocycles. The molecule has 0 radical (unpaired) electrons. The van der Waals surface area contributed by atoms with Gasteiger partial charge in [0.15, 0.2) is 0 Å². The van der Waals surface area contributed by atoms with E-state index >= 15 is 0 Å². The number of aliphatic hydroxyl groups excluding tert-OH is 1. The molecule has 1 aromatic heterocycles. The second-order valence-electron chi connectivity index (χ2n) is 7.17. The zero-order valence-electron chi connectivity index (χ0n) is 16.0. The third-order valence-electron chi connectivity index (χ3n) is 5.19. The lowest BCUT2D eigenvalue weighted by Crippen LogP contribution is -2.35. The van der Waals surface area contributed by atoms with Crippen molar-refractivity contribution in [2.75, 3.05) is 13.1 Å². The van der Waals surface area contributed by atoms with Gasteiger partial charge in [0.1, 0.15) is 29.0 Å². The molecule has 1 aliphatic rings. The van der Waals surface area contributed by atoms with Crippen LogP contribution in [0.15, 0.2) is 53.3 Å². The standard InChI is InChI=1S/C22H20FN3O4/c23-15-6-4-13(5-7-15)14-8-10-26(11-9-14)19(29)12-18(28)21-24-20-16(22(30)25-21)2-1-3-17(20)27/h1-8,18,27-28H,9-12H2,(H,24,25,30). The molecule has 30 heavy (non-hydrogen) atoms. The minimum Gasteiger partial charge on any atom is -0.506 e. The van der Waals surface area contributed by atoms with Crippen LogP contribution in [0.1, 0.15) is 30.3 Å². The van der Waals surface area contributed by atoms with Crippen molar-refractivity contribution in [3.63, 3.8) is 0 Å². The SMILES string of the molecule is O=C(CC(O)c1nc2c(O)cccc2c(=O)[nH]1)N1CC=C(c2ccc(F)cc2)CC1. The molecule has 0 bridgehead atoms. The van der Waals surface area contributed by atoms with Crippen molar-refractivity contribution in [3.05, 3.63) is 76.1 Å². The number of carbonyl (C=O) groups is 1. The van der Waals surface area contributed by atoms with Gasteiger partial charge in [-0.25, -0.2) is 9.37 Å². The Morgan fingerprint density at radius 1 is 1.23 bits per heavy atom. The number of rotatable bonds is 4. The Bertz CT molecular complexity index is 1190. The summed E-state index contributed by atoms with van der Waals surface area (Å²) in [5, 5.41) is 20.6. The van der Waals surface area contributed by atoms with Gasteiger partial charge in [-0.15, -0.1) is 0 Å². The van der Waals surface area contributed by atoms with E-state index in [9.17, 15) is 24.2 Å². The van der Waals surface area contributed by atoms with E-state index in [2.05, 4.69) is 9.97 Å². The molecular weight excluding hydrogens is 389 g/mol. The number of amides is 1. The fourth-order valence-corrected chi connectivity index (χ4v) is 3.53. The Balaban J connectivity index is 1.45. The minimum absolute atomic E-state index is 0.0677. The number of carbonyl (C=O) groups excluding carboxylic acids is 1. The van der Waals surface area contributed by atoms with E-state index in [1.807, 2.05) is 6.08 Å². The quantitative estimate of drug-likeness (QED) is 0.614. The number of nitrogens with zero attached hydrogens (tertiary/aromatic N) is 2. The first-order chi connectivity index (χ1) is 14.4. The molecule has 1 unspecified atom stereocenters. The molecule has 4 rings (SSSR count). The van der Waals surface area contributed by atoms with E-state index in [0.717, 1.165) is 11.1 Å². The highest BCUT2D eigenvalue weighted by Gasteiger charge is 2.23. The van der Waals surface area contributed by atoms with Crippen molar-refractivity contribution in [3.8, 4) is 5.75 Å². The smallest absolute Gasteiger partial charge is 0.258 e. The van der Waals surface area contributed by atoms with Gasteiger partial charge in [-0.05, 0) is 41.8 Å². The number of aliphatic hydroxyl groups is 1. The van der Waals surface area contributed by atoms with Crippen LogP contribution in [0, 0.1) is 5.82 Å². The summed E-state index contributed by atoms with van der Waals surface area (Å²) in [4.78, 5) is 33.0. The lowest BCUT2D eigenvalue weighted by atomic mass is 9.99. The molecule has 1 atom stereocenters. The number of aromatic nitrogens is 2. The summed E-state index contributed by atoms with van der Waals surface area (Å²) in [7, 11) is 0. The lowest BCUT2D eigenvalue weighted by Gasteiger charge is -2.27. The molecule has 0 spiro atoms. The molecule has 3 aromatic rings. The Morgan fingerprint density at radius 2 is 2.00 bits per heavy atom. The number of fused-ring (bicyclic) bond motifs is 1. The number of aromatic amines is 1. The predicted octanol–water partition coefficient (Wildman–Crippen LogP) is 2.51. The number of H-pyrrole nitrogens is 1. The lowest BCUT2D eigenvalue weighted by molar-refractivity contribution is -0.133. The fraction of sp³-hybridized carbons (Fsp3) is 0.227. The molecule has 2 heterocycles. The van der Waals surface area contributed by atoms with Gasteiger partial charge in [-0.3, -0.25) is 9.59 Å². The highest BCUT2D eigenvalue weighted by Crippen LogP contribution is 2.25. The Kier molecular flexibility index (Phi) is 5.33. The number of nitrogens with one attached hydrogen (secondary N) is 1. The minimum atomic E-state index is -1.31. The van der Waals surface area contributed by atoms with Crippen molar-refractivity contribution in [1.29, 1.82) is 0 Å². The molecule has 0 saturated heterocycles. The number of hydrogen-bond acceptors (Lipinski definition) is 5. The van der Waals surface area contributed by atoms with E-state index in [1.54, 1.807) is 17.0 Å². The van der Waals surface area contributed by atoms with Crippen molar-refractivity contribution >= 4 is 22.4 Å². The maximum atomic E-state index is 13.1. The van der Waals surface area contributed by atoms with Gasteiger partial charge in [0, 0.05) is 13.1 Å².